The second-order valence-electron chi connectivity index (χ2n) is 3.92. The largest absolute Gasteiger partial charge is 0.391 e. The van der Waals surface area contributed by atoms with Crippen LogP contribution in [0.4, 0.5) is 0 Å². The zero-order valence-corrected chi connectivity index (χ0v) is 7.98. The average molecular weight is 180 g/mol. The monoisotopic (exact) mass is 180 g/mol. The Balaban J connectivity index is 2.14. The highest BCUT2D eigenvalue weighted by Crippen LogP contribution is 2.27. The Bertz CT molecular complexity index is 282. The summed E-state index contributed by atoms with van der Waals surface area (Å²) >= 11 is 0. The van der Waals surface area contributed by atoms with Crippen molar-refractivity contribution in [2.24, 2.45) is 0 Å². The lowest BCUT2D eigenvalue weighted by atomic mass is 9.93. The molecule has 3 heteroatoms. The van der Waals surface area contributed by atoms with E-state index in [0.717, 1.165) is 24.8 Å². The number of aliphatic hydroxyl groups excluding tert-OH is 1. The maximum Gasteiger partial charge on any atom is 0.0778 e. The molecular formula is C10H16N2O. The van der Waals surface area contributed by atoms with E-state index in [2.05, 4.69) is 5.10 Å². The van der Waals surface area contributed by atoms with Crippen LogP contribution in [0.25, 0.3) is 0 Å². The molecule has 3 nitrogen and oxygen atoms in total. The fraction of sp³-hybridized carbons (Fsp3) is 0.700. The van der Waals surface area contributed by atoms with Crippen LogP contribution in [0.2, 0.25) is 0 Å². The van der Waals surface area contributed by atoms with E-state index in [1.165, 1.54) is 6.42 Å². The minimum Gasteiger partial charge on any atom is -0.391 e. The molecule has 1 fully saturated rings. The smallest absolute Gasteiger partial charge is 0.0778 e. The van der Waals surface area contributed by atoms with Crippen molar-refractivity contribution in [3.05, 3.63) is 18.0 Å². The van der Waals surface area contributed by atoms with E-state index in [1.807, 2.05) is 24.0 Å². The number of nitrogens with zero attached hydrogens (tertiary/aromatic N) is 2. The van der Waals surface area contributed by atoms with Crippen LogP contribution in [-0.2, 0) is 0 Å². The Hall–Kier alpha value is -0.830. The number of hydrogen-bond acceptors (Lipinski definition) is 2. The van der Waals surface area contributed by atoms with Gasteiger partial charge in [0, 0.05) is 6.20 Å². The number of aromatic nitrogens is 2. The first kappa shape index (κ1) is 8.75. The van der Waals surface area contributed by atoms with E-state index in [4.69, 9.17) is 0 Å². The summed E-state index contributed by atoms with van der Waals surface area (Å²) in [4.78, 5) is 0. The minimum absolute atomic E-state index is 0.201. The molecule has 1 aliphatic carbocycles. The summed E-state index contributed by atoms with van der Waals surface area (Å²) in [5.74, 6) is 0. The molecule has 1 aromatic heterocycles. The molecule has 0 aromatic carbocycles. The number of rotatable bonds is 1. The third kappa shape index (κ3) is 1.75. The van der Waals surface area contributed by atoms with Gasteiger partial charge in [0.1, 0.15) is 0 Å². The molecule has 2 atom stereocenters. The molecule has 1 N–H and O–H groups in total. The fourth-order valence-electron chi connectivity index (χ4n) is 2.01. The van der Waals surface area contributed by atoms with Gasteiger partial charge in [0.25, 0.3) is 0 Å². The molecule has 1 saturated carbocycles. The van der Waals surface area contributed by atoms with Crippen molar-refractivity contribution in [3.63, 3.8) is 0 Å². The zero-order valence-electron chi connectivity index (χ0n) is 7.98. The Morgan fingerprint density at radius 3 is 2.85 bits per heavy atom. The minimum atomic E-state index is -0.201. The lowest BCUT2D eigenvalue weighted by Gasteiger charge is -2.27. The highest BCUT2D eigenvalue weighted by Gasteiger charge is 2.24. The molecular weight excluding hydrogens is 164 g/mol. The molecule has 1 aromatic rings. The first-order chi connectivity index (χ1) is 6.27. The predicted octanol–water partition coefficient (Wildman–Crippen LogP) is 1.67. The molecule has 0 amide bonds. The summed E-state index contributed by atoms with van der Waals surface area (Å²) in [5, 5.41) is 14.0. The average Bonchev–Trinajstić information content (AvgIpc) is 2.53. The summed E-state index contributed by atoms with van der Waals surface area (Å²) in [6.07, 6.45) is 8.00. The van der Waals surface area contributed by atoms with Gasteiger partial charge in [0.2, 0.25) is 0 Å². The summed E-state index contributed by atoms with van der Waals surface area (Å²) in [6, 6.07) is 0.211. The van der Waals surface area contributed by atoms with E-state index in [-0.39, 0.29) is 12.1 Å². The van der Waals surface area contributed by atoms with Crippen LogP contribution in [0.5, 0.6) is 0 Å². The van der Waals surface area contributed by atoms with Gasteiger partial charge >= 0.3 is 0 Å². The fourth-order valence-corrected chi connectivity index (χ4v) is 2.01. The standard InChI is InChI=1S/C10H16N2O/c1-8-6-11-12(7-8)9-4-2-3-5-10(9)13/h6-7,9-10,13H,2-5H2,1H3. The third-order valence-corrected chi connectivity index (χ3v) is 2.76. The topological polar surface area (TPSA) is 38.0 Å². The number of aliphatic hydroxyl groups is 1. The number of aryl methyl sites for hydroxylation is 1. The normalized spacial score (nSPS) is 29.1. The van der Waals surface area contributed by atoms with Crippen molar-refractivity contribution in [1.29, 1.82) is 0 Å². The molecule has 2 unspecified atom stereocenters. The van der Waals surface area contributed by atoms with Crippen LogP contribution in [0, 0.1) is 6.92 Å². The summed E-state index contributed by atoms with van der Waals surface area (Å²) in [6.45, 7) is 2.03. The van der Waals surface area contributed by atoms with E-state index >= 15 is 0 Å². The van der Waals surface area contributed by atoms with Gasteiger partial charge in [-0.05, 0) is 25.3 Å². The Morgan fingerprint density at radius 1 is 1.46 bits per heavy atom. The van der Waals surface area contributed by atoms with Gasteiger partial charge in [-0.1, -0.05) is 12.8 Å². The Morgan fingerprint density at radius 2 is 2.23 bits per heavy atom. The summed E-state index contributed by atoms with van der Waals surface area (Å²) in [7, 11) is 0. The van der Waals surface area contributed by atoms with E-state index in [9.17, 15) is 5.11 Å². The maximum absolute atomic E-state index is 9.77. The first-order valence-electron chi connectivity index (χ1n) is 4.96. The van der Waals surface area contributed by atoms with Crippen LogP contribution in [0.3, 0.4) is 0 Å². The molecule has 0 radical (unpaired) electrons. The zero-order chi connectivity index (χ0) is 9.26. The molecule has 1 heterocycles. The van der Waals surface area contributed by atoms with Gasteiger partial charge < -0.3 is 5.11 Å². The number of hydrogen-bond donors (Lipinski definition) is 1. The maximum atomic E-state index is 9.77. The highest BCUT2D eigenvalue weighted by atomic mass is 16.3. The van der Waals surface area contributed by atoms with Crippen molar-refractivity contribution in [2.45, 2.75) is 44.8 Å². The predicted molar refractivity (Wildman–Crippen MR) is 50.5 cm³/mol. The molecule has 72 valence electrons. The van der Waals surface area contributed by atoms with Gasteiger partial charge in [0.05, 0.1) is 18.3 Å². The molecule has 0 spiro atoms. The van der Waals surface area contributed by atoms with Crippen LogP contribution < -0.4 is 0 Å². The van der Waals surface area contributed by atoms with Crippen molar-refractivity contribution < 1.29 is 5.11 Å². The van der Waals surface area contributed by atoms with E-state index in [1.54, 1.807) is 0 Å². The van der Waals surface area contributed by atoms with E-state index in [0.29, 0.717) is 0 Å². The van der Waals surface area contributed by atoms with Crippen molar-refractivity contribution in [2.75, 3.05) is 0 Å². The quantitative estimate of drug-likeness (QED) is 0.713. The van der Waals surface area contributed by atoms with Crippen LogP contribution >= 0.6 is 0 Å². The van der Waals surface area contributed by atoms with Gasteiger partial charge in [-0.25, -0.2) is 0 Å². The van der Waals surface area contributed by atoms with Crippen LogP contribution in [-0.4, -0.2) is 21.0 Å². The summed E-state index contributed by atoms with van der Waals surface area (Å²) < 4.78 is 1.92. The SMILES string of the molecule is Cc1cnn(C2CCCCC2O)c1. The van der Waals surface area contributed by atoms with Gasteiger partial charge in [-0.2, -0.15) is 5.10 Å². The summed E-state index contributed by atoms with van der Waals surface area (Å²) in [5.41, 5.74) is 1.16. The van der Waals surface area contributed by atoms with Crippen LogP contribution in [0.15, 0.2) is 12.4 Å². The highest BCUT2D eigenvalue weighted by molar-refractivity contribution is 5.01. The first-order valence-corrected chi connectivity index (χ1v) is 4.96. The molecule has 0 aliphatic heterocycles. The van der Waals surface area contributed by atoms with Gasteiger partial charge in [-0.3, -0.25) is 4.68 Å². The van der Waals surface area contributed by atoms with Crippen molar-refractivity contribution >= 4 is 0 Å². The van der Waals surface area contributed by atoms with Crippen molar-refractivity contribution in [3.8, 4) is 0 Å². The van der Waals surface area contributed by atoms with E-state index < -0.39 is 0 Å². The second kappa shape index (κ2) is 3.50. The molecule has 0 saturated heterocycles. The lowest BCUT2D eigenvalue weighted by Crippen LogP contribution is -2.27. The van der Waals surface area contributed by atoms with Crippen LogP contribution in [0.1, 0.15) is 37.3 Å². The Kier molecular flexibility index (Phi) is 2.36. The second-order valence-corrected chi connectivity index (χ2v) is 3.92. The molecule has 13 heavy (non-hydrogen) atoms. The molecule has 2 rings (SSSR count). The van der Waals surface area contributed by atoms with Gasteiger partial charge in [0.15, 0.2) is 0 Å². The molecule has 1 aliphatic rings. The lowest BCUT2D eigenvalue weighted by molar-refractivity contribution is 0.0694. The van der Waals surface area contributed by atoms with Gasteiger partial charge in [-0.15, -0.1) is 0 Å². The Labute approximate surface area is 78.4 Å². The third-order valence-electron chi connectivity index (χ3n) is 2.76. The molecule has 0 bridgehead atoms. The van der Waals surface area contributed by atoms with Crippen molar-refractivity contribution in [1.82, 2.24) is 9.78 Å².